The lowest BCUT2D eigenvalue weighted by molar-refractivity contribution is -0.133. The Kier molecular flexibility index (Phi) is 9.74. The number of benzene rings is 3. The number of piperazine rings is 1. The van der Waals surface area contributed by atoms with Crippen molar-refractivity contribution in [3.8, 4) is 16.8 Å². The highest BCUT2D eigenvalue weighted by atomic mass is 16.2. The van der Waals surface area contributed by atoms with Crippen LogP contribution in [-0.4, -0.2) is 85.7 Å². The van der Waals surface area contributed by atoms with E-state index in [1.54, 1.807) is 0 Å². The van der Waals surface area contributed by atoms with Gasteiger partial charge in [0.1, 0.15) is 17.4 Å². The first-order chi connectivity index (χ1) is 27.3. The number of unbranched alkanes of at least 4 members (excludes halogenated alkanes) is 3. The largest absolute Gasteiger partial charge is 0.374 e. The second-order valence-electron chi connectivity index (χ2n) is 15.9. The molecule has 2 amide bonds. The van der Waals surface area contributed by atoms with Gasteiger partial charge in [0.25, 0.3) is 0 Å². The number of piperidine rings is 1. The topological polar surface area (TPSA) is 126 Å². The van der Waals surface area contributed by atoms with Crippen molar-refractivity contribution in [2.75, 3.05) is 42.9 Å². The molecule has 4 aliphatic rings. The van der Waals surface area contributed by atoms with E-state index in [0.717, 1.165) is 110 Å². The second kappa shape index (κ2) is 15.1. The summed E-state index contributed by atoms with van der Waals surface area (Å²) in [5, 5.41) is 19.5. The molecular weight excluding hydrogens is 701 g/mol. The molecule has 1 saturated carbocycles. The van der Waals surface area contributed by atoms with Crippen LogP contribution >= 0.6 is 0 Å². The lowest BCUT2D eigenvalue weighted by Gasteiger charge is -2.36. The lowest BCUT2D eigenvalue weighted by atomic mass is 9.96. The number of amides is 2. The number of hydrogen-bond donors (Lipinski definition) is 2. The van der Waals surface area contributed by atoms with Gasteiger partial charge in [0, 0.05) is 73.4 Å². The van der Waals surface area contributed by atoms with Crippen LogP contribution < -0.4 is 15.5 Å². The quantitative estimate of drug-likeness (QED) is 0.114. The molecule has 3 fully saturated rings. The SMILES string of the molecule is Cc1ccc(C2=NC3(CC3)c3nnc(C)n3-c3ccc(-c4cnn(CCCCCCN5CCN(c6ccc(NC7CCC(=O)NC7=O)cc6)CC5)c4)cc32)cc1. The van der Waals surface area contributed by atoms with Gasteiger partial charge in [0.15, 0.2) is 5.82 Å². The molecule has 56 heavy (non-hydrogen) atoms. The average Bonchev–Trinajstić information content (AvgIpc) is 3.69. The van der Waals surface area contributed by atoms with Crippen LogP contribution in [0.1, 0.15) is 79.7 Å². The van der Waals surface area contributed by atoms with Crippen LogP contribution in [0.2, 0.25) is 0 Å². The summed E-state index contributed by atoms with van der Waals surface area (Å²) in [7, 11) is 0. The van der Waals surface area contributed by atoms with E-state index in [0.29, 0.717) is 12.8 Å². The van der Waals surface area contributed by atoms with Gasteiger partial charge in [-0.15, -0.1) is 10.2 Å². The summed E-state index contributed by atoms with van der Waals surface area (Å²) in [5.74, 6) is 1.39. The number of carbonyl (C=O) groups excluding carboxylic acids is 2. The molecule has 2 N–H and O–H groups in total. The Morgan fingerprint density at radius 2 is 1.57 bits per heavy atom. The van der Waals surface area contributed by atoms with Crippen LogP contribution in [-0.2, 0) is 21.7 Å². The molecule has 0 bridgehead atoms. The molecule has 3 aliphatic heterocycles. The molecule has 1 aliphatic carbocycles. The van der Waals surface area contributed by atoms with Gasteiger partial charge in [-0.3, -0.25) is 34.0 Å². The first-order valence-electron chi connectivity index (χ1n) is 20.3. The summed E-state index contributed by atoms with van der Waals surface area (Å²) >= 11 is 0. The van der Waals surface area contributed by atoms with E-state index in [9.17, 15) is 9.59 Å². The third-order valence-corrected chi connectivity index (χ3v) is 11.9. The number of nitrogens with one attached hydrogen (secondary N) is 2. The highest BCUT2D eigenvalue weighted by molar-refractivity contribution is 6.16. The first kappa shape index (κ1) is 36.0. The van der Waals surface area contributed by atoms with Gasteiger partial charge in [0.05, 0.1) is 17.6 Å². The maximum atomic E-state index is 12.1. The van der Waals surface area contributed by atoms with E-state index in [-0.39, 0.29) is 23.4 Å². The van der Waals surface area contributed by atoms with Crippen LogP contribution in [0.5, 0.6) is 0 Å². The minimum atomic E-state index is -0.364. The third kappa shape index (κ3) is 7.37. The third-order valence-electron chi connectivity index (χ3n) is 11.9. The van der Waals surface area contributed by atoms with Gasteiger partial charge < -0.3 is 10.2 Å². The Labute approximate surface area is 328 Å². The number of aryl methyl sites for hydroxylation is 3. The molecule has 1 spiro atoms. The zero-order chi connectivity index (χ0) is 38.2. The number of imide groups is 1. The molecule has 12 heteroatoms. The molecular formula is C44H50N10O2. The Hall–Kier alpha value is -5.62. The number of carbonyl (C=O) groups is 2. The summed E-state index contributed by atoms with van der Waals surface area (Å²) in [6.07, 6.45) is 11.8. The number of fused-ring (bicyclic) bond motifs is 4. The smallest absolute Gasteiger partial charge is 0.249 e. The fourth-order valence-corrected chi connectivity index (χ4v) is 8.39. The summed E-state index contributed by atoms with van der Waals surface area (Å²) in [6, 6.07) is 23.3. The molecule has 12 nitrogen and oxygen atoms in total. The minimum absolute atomic E-state index is 0.195. The van der Waals surface area contributed by atoms with Crippen molar-refractivity contribution in [3.05, 3.63) is 107 Å². The van der Waals surface area contributed by atoms with E-state index in [2.05, 4.69) is 108 Å². The number of aliphatic imine (C=N–C) groups is 1. The van der Waals surface area contributed by atoms with E-state index < -0.39 is 0 Å². The molecule has 1 unspecified atom stereocenters. The van der Waals surface area contributed by atoms with Crippen LogP contribution in [0.25, 0.3) is 16.8 Å². The van der Waals surface area contributed by atoms with Gasteiger partial charge in [0.2, 0.25) is 11.8 Å². The monoisotopic (exact) mass is 750 g/mol. The number of hydrogen-bond acceptors (Lipinski definition) is 9. The van der Waals surface area contributed by atoms with E-state index in [1.165, 1.54) is 30.5 Å². The fourth-order valence-electron chi connectivity index (χ4n) is 8.39. The Balaban J connectivity index is 0.753. The van der Waals surface area contributed by atoms with Crippen molar-refractivity contribution in [3.63, 3.8) is 0 Å². The number of rotatable bonds is 12. The predicted octanol–water partition coefficient (Wildman–Crippen LogP) is 6.19. The highest BCUT2D eigenvalue weighted by Crippen LogP contribution is 2.52. The number of nitrogens with zero attached hydrogens (tertiary/aromatic N) is 8. The summed E-state index contributed by atoms with van der Waals surface area (Å²) in [4.78, 5) is 34.0. The zero-order valence-corrected chi connectivity index (χ0v) is 32.4. The summed E-state index contributed by atoms with van der Waals surface area (Å²) in [6.45, 7) is 10.3. The first-order valence-corrected chi connectivity index (χ1v) is 20.3. The molecule has 5 aromatic rings. The lowest BCUT2D eigenvalue weighted by Crippen LogP contribution is -2.47. The molecule has 9 rings (SSSR count). The molecule has 2 aromatic heterocycles. The van der Waals surface area contributed by atoms with Crippen molar-refractivity contribution in [1.29, 1.82) is 0 Å². The second-order valence-corrected chi connectivity index (χ2v) is 15.9. The molecule has 0 radical (unpaired) electrons. The van der Waals surface area contributed by atoms with E-state index in [1.807, 2.05) is 25.3 Å². The van der Waals surface area contributed by atoms with Gasteiger partial charge in [-0.1, -0.05) is 48.7 Å². The Morgan fingerprint density at radius 3 is 2.32 bits per heavy atom. The maximum Gasteiger partial charge on any atom is 0.249 e. The predicted molar refractivity (Wildman–Crippen MR) is 218 cm³/mol. The van der Waals surface area contributed by atoms with Crippen LogP contribution in [0.3, 0.4) is 0 Å². The van der Waals surface area contributed by atoms with Crippen molar-refractivity contribution in [2.24, 2.45) is 4.99 Å². The van der Waals surface area contributed by atoms with Crippen molar-refractivity contribution in [1.82, 2.24) is 34.8 Å². The van der Waals surface area contributed by atoms with E-state index >= 15 is 0 Å². The summed E-state index contributed by atoms with van der Waals surface area (Å²) in [5.41, 5.74) is 9.60. The zero-order valence-electron chi connectivity index (χ0n) is 32.4. The Bertz CT molecular complexity index is 2260. The molecule has 2 saturated heterocycles. The van der Waals surface area contributed by atoms with Gasteiger partial charge in [-0.05, 0) is 94.5 Å². The molecule has 288 valence electrons. The van der Waals surface area contributed by atoms with Crippen molar-refractivity contribution < 1.29 is 9.59 Å². The number of aromatic nitrogens is 5. The molecule has 1 atom stereocenters. The fraction of sp³-hybridized carbons (Fsp3) is 0.409. The Morgan fingerprint density at radius 1 is 0.821 bits per heavy atom. The molecule has 5 heterocycles. The van der Waals surface area contributed by atoms with Crippen molar-refractivity contribution >= 4 is 28.9 Å². The van der Waals surface area contributed by atoms with Crippen LogP contribution in [0.15, 0.2) is 84.1 Å². The number of anilines is 2. The standard InChI is InChI=1S/C44H50N10O2/c1-30-7-9-32(10-8-30)41-37-27-33(11-17-39(37)54-31(2)49-50-43(54)44(48-41)19-20-44)34-28-45-53(29-34)22-6-4-3-5-21-51-23-25-52(26-24-51)36-14-12-35(13-15-36)46-38-16-18-40(55)47-42(38)56/h7-15,17,27-29,38,46H,3-6,16,18-26H2,1-2H3,(H,47,55,56). The van der Waals surface area contributed by atoms with Crippen LogP contribution in [0, 0.1) is 13.8 Å². The average molecular weight is 751 g/mol. The highest BCUT2D eigenvalue weighted by Gasteiger charge is 2.51. The van der Waals surface area contributed by atoms with Gasteiger partial charge in [-0.25, -0.2) is 0 Å². The van der Waals surface area contributed by atoms with Crippen LogP contribution in [0.4, 0.5) is 11.4 Å². The van der Waals surface area contributed by atoms with Gasteiger partial charge in [-0.2, -0.15) is 5.10 Å². The maximum absolute atomic E-state index is 12.1. The summed E-state index contributed by atoms with van der Waals surface area (Å²) < 4.78 is 4.31. The van der Waals surface area contributed by atoms with E-state index in [4.69, 9.17) is 10.1 Å². The molecule has 3 aromatic carbocycles. The van der Waals surface area contributed by atoms with Gasteiger partial charge >= 0.3 is 0 Å². The normalized spacial score (nSPS) is 18.9. The minimum Gasteiger partial charge on any atom is -0.374 e. The van der Waals surface area contributed by atoms with Crippen molar-refractivity contribution in [2.45, 2.75) is 83.3 Å².